The molecule has 8 heteroatoms. The number of imide groups is 2. The lowest BCUT2D eigenvalue weighted by molar-refractivity contribution is -0.122. The van der Waals surface area contributed by atoms with E-state index in [9.17, 15) is 14.4 Å². The number of carbonyl (C=O) groups excluding carboxylic acids is 3. The number of amides is 4. The number of methoxy groups -OCH3 is 1. The fourth-order valence-electron chi connectivity index (χ4n) is 2.46. The number of urea groups is 1. The summed E-state index contributed by atoms with van der Waals surface area (Å²) in [5.41, 5.74) is 0.506. The second-order valence-electron chi connectivity index (χ2n) is 5.30. The van der Waals surface area contributed by atoms with Gasteiger partial charge in [-0.3, -0.25) is 14.9 Å². The Morgan fingerprint density at radius 3 is 2.46 bits per heavy atom. The Labute approximate surface area is 158 Å². The number of nitrogens with zero attached hydrogens (tertiary/aromatic N) is 1. The van der Waals surface area contributed by atoms with Crippen molar-refractivity contribution in [2.75, 3.05) is 12.0 Å². The van der Waals surface area contributed by atoms with E-state index in [-0.39, 0.29) is 16.3 Å². The smallest absolute Gasteiger partial charge is 0.336 e. The molecular weight excluding hydrogens is 379 g/mol. The number of rotatable bonds is 3. The predicted molar refractivity (Wildman–Crippen MR) is 98.5 cm³/mol. The standard InChI is InChI=1S/C18H12Cl2N2O4/c1-26-15-5-3-2-4-14(15)22-17(24)11(16(23)21-18(22)25)8-10-6-7-12(19)13(20)9-10/h2-9H,1H3,(H,21,23,25). The van der Waals surface area contributed by atoms with Gasteiger partial charge in [0.05, 0.1) is 22.8 Å². The molecule has 1 heterocycles. The number of barbiturate groups is 1. The molecule has 3 rings (SSSR count). The van der Waals surface area contributed by atoms with Gasteiger partial charge in [0.15, 0.2) is 0 Å². The number of halogens is 2. The van der Waals surface area contributed by atoms with Crippen LogP contribution in [0.15, 0.2) is 48.0 Å². The van der Waals surface area contributed by atoms with Crippen LogP contribution in [-0.4, -0.2) is 25.0 Å². The van der Waals surface area contributed by atoms with E-state index < -0.39 is 17.8 Å². The van der Waals surface area contributed by atoms with Crippen molar-refractivity contribution in [1.29, 1.82) is 0 Å². The molecule has 4 amide bonds. The summed E-state index contributed by atoms with van der Waals surface area (Å²) in [4.78, 5) is 38.1. The maximum absolute atomic E-state index is 12.8. The number of hydrogen-bond acceptors (Lipinski definition) is 4. The molecule has 0 atom stereocenters. The second-order valence-corrected chi connectivity index (χ2v) is 6.12. The van der Waals surface area contributed by atoms with Crippen molar-refractivity contribution in [3.8, 4) is 5.75 Å². The lowest BCUT2D eigenvalue weighted by Gasteiger charge is -2.27. The van der Waals surface area contributed by atoms with Crippen molar-refractivity contribution in [2.24, 2.45) is 0 Å². The van der Waals surface area contributed by atoms with Crippen LogP contribution in [0, 0.1) is 0 Å². The zero-order valence-electron chi connectivity index (χ0n) is 13.5. The van der Waals surface area contributed by atoms with Crippen LogP contribution in [0.1, 0.15) is 5.56 Å². The zero-order chi connectivity index (χ0) is 18.8. The van der Waals surface area contributed by atoms with E-state index in [0.29, 0.717) is 16.3 Å². The van der Waals surface area contributed by atoms with Crippen LogP contribution in [0.25, 0.3) is 6.08 Å². The van der Waals surface area contributed by atoms with E-state index in [2.05, 4.69) is 5.32 Å². The van der Waals surface area contributed by atoms with E-state index in [1.54, 1.807) is 36.4 Å². The Hall–Kier alpha value is -2.83. The zero-order valence-corrected chi connectivity index (χ0v) is 15.0. The molecule has 0 spiro atoms. The summed E-state index contributed by atoms with van der Waals surface area (Å²) in [6.07, 6.45) is 1.34. The van der Waals surface area contributed by atoms with Crippen LogP contribution in [0.2, 0.25) is 10.0 Å². The van der Waals surface area contributed by atoms with Crippen LogP contribution in [-0.2, 0) is 9.59 Å². The molecule has 26 heavy (non-hydrogen) atoms. The Bertz CT molecular complexity index is 956. The summed E-state index contributed by atoms with van der Waals surface area (Å²) >= 11 is 11.8. The van der Waals surface area contributed by atoms with Crippen LogP contribution in [0.3, 0.4) is 0 Å². The summed E-state index contributed by atoms with van der Waals surface area (Å²) in [5.74, 6) is -1.24. The first-order valence-electron chi connectivity index (χ1n) is 7.42. The van der Waals surface area contributed by atoms with Gasteiger partial charge in [-0.2, -0.15) is 0 Å². The minimum atomic E-state index is -0.851. The van der Waals surface area contributed by atoms with Crippen molar-refractivity contribution < 1.29 is 19.1 Å². The van der Waals surface area contributed by atoms with E-state index in [4.69, 9.17) is 27.9 Å². The highest BCUT2D eigenvalue weighted by molar-refractivity contribution is 6.42. The molecule has 0 aromatic heterocycles. The molecule has 1 aliphatic rings. The van der Waals surface area contributed by atoms with Crippen molar-refractivity contribution in [1.82, 2.24) is 5.32 Å². The van der Waals surface area contributed by atoms with Gasteiger partial charge in [-0.05, 0) is 35.9 Å². The first kappa shape index (κ1) is 18.0. The van der Waals surface area contributed by atoms with Crippen LogP contribution >= 0.6 is 23.2 Å². The molecule has 2 aromatic rings. The molecule has 1 fully saturated rings. The summed E-state index contributed by atoms with van der Waals surface area (Å²) in [6, 6.07) is 10.3. The molecule has 132 valence electrons. The third-order valence-corrected chi connectivity index (χ3v) is 4.42. The largest absolute Gasteiger partial charge is 0.495 e. The highest BCUT2D eigenvalue weighted by Gasteiger charge is 2.38. The molecule has 0 aliphatic carbocycles. The van der Waals surface area contributed by atoms with E-state index in [1.807, 2.05) is 0 Å². The van der Waals surface area contributed by atoms with Gasteiger partial charge in [-0.25, -0.2) is 9.69 Å². The molecule has 0 unspecified atom stereocenters. The van der Waals surface area contributed by atoms with Crippen molar-refractivity contribution >= 4 is 52.8 Å². The molecule has 0 saturated carbocycles. The average Bonchev–Trinajstić information content (AvgIpc) is 2.62. The van der Waals surface area contributed by atoms with Crippen molar-refractivity contribution in [3.63, 3.8) is 0 Å². The number of benzene rings is 2. The van der Waals surface area contributed by atoms with E-state index in [1.165, 1.54) is 19.3 Å². The van der Waals surface area contributed by atoms with Crippen LogP contribution < -0.4 is 15.0 Å². The average molecular weight is 391 g/mol. The van der Waals surface area contributed by atoms with Crippen LogP contribution in [0.5, 0.6) is 5.75 Å². The van der Waals surface area contributed by atoms with Gasteiger partial charge in [0, 0.05) is 0 Å². The number of anilines is 1. The van der Waals surface area contributed by atoms with Crippen molar-refractivity contribution in [3.05, 3.63) is 63.6 Å². The topological polar surface area (TPSA) is 75.7 Å². The molecule has 1 saturated heterocycles. The van der Waals surface area contributed by atoms with Gasteiger partial charge in [0.1, 0.15) is 11.3 Å². The predicted octanol–water partition coefficient (Wildman–Crippen LogP) is 3.67. The summed E-state index contributed by atoms with van der Waals surface area (Å²) < 4.78 is 5.19. The van der Waals surface area contributed by atoms with E-state index in [0.717, 1.165) is 4.90 Å². The fraction of sp³-hybridized carbons (Fsp3) is 0.0556. The Balaban J connectivity index is 2.05. The van der Waals surface area contributed by atoms with Gasteiger partial charge >= 0.3 is 6.03 Å². The van der Waals surface area contributed by atoms with Gasteiger partial charge < -0.3 is 4.74 Å². The first-order chi connectivity index (χ1) is 12.4. The van der Waals surface area contributed by atoms with E-state index >= 15 is 0 Å². The number of carbonyl (C=O) groups is 3. The molecule has 0 bridgehead atoms. The number of ether oxygens (including phenoxy) is 1. The Morgan fingerprint density at radius 1 is 1.04 bits per heavy atom. The Morgan fingerprint density at radius 2 is 1.77 bits per heavy atom. The maximum atomic E-state index is 12.8. The SMILES string of the molecule is COc1ccccc1N1C(=O)NC(=O)C(=Cc2ccc(Cl)c(Cl)c2)C1=O. The normalized spacial score (nSPS) is 16.0. The maximum Gasteiger partial charge on any atom is 0.336 e. The third-order valence-electron chi connectivity index (χ3n) is 3.68. The highest BCUT2D eigenvalue weighted by Crippen LogP contribution is 2.31. The lowest BCUT2D eigenvalue weighted by atomic mass is 10.1. The number of hydrogen-bond donors (Lipinski definition) is 1. The Kier molecular flexibility index (Phi) is 4.97. The van der Waals surface area contributed by atoms with Gasteiger partial charge in [-0.1, -0.05) is 41.4 Å². The van der Waals surface area contributed by atoms with Gasteiger partial charge in [0.2, 0.25) is 0 Å². The third kappa shape index (κ3) is 3.29. The fourth-order valence-corrected chi connectivity index (χ4v) is 2.77. The molecule has 6 nitrogen and oxygen atoms in total. The van der Waals surface area contributed by atoms with Gasteiger partial charge in [-0.15, -0.1) is 0 Å². The summed E-state index contributed by atoms with van der Waals surface area (Å²) in [6.45, 7) is 0. The summed E-state index contributed by atoms with van der Waals surface area (Å²) in [5, 5.41) is 2.78. The molecular formula is C18H12Cl2N2O4. The quantitative estimate of drug-likeness (QED) is 0.640. The summed E-state index contributed by atoms with van der Waals surface area (Å²) in [7, 11) is 1.42. The molecule has 1 aliphatic heterocycles. The number of nitrogens with one attached hydrogen (secondary N) is 1. The molecule has 2 aromatic carbocycles. The van der Waals surface area contributed by atoms with Gasteiger partial charge in [0.25, 0.3) is 11.8 Å². The highest BCUT2D eigenvalue weighted by atomic mass is 35.5. The lowest BCUT2D eigenvalue weighted by Crippen LogP contribution is -2.54. The van der Waals surface area contributed by atoms with Crippen molar-refractivity contribution in [2.45, 2.75) is 0 Å². The second kappa shape index (κ2) is 7.19. The minimum Gasteiger partial charge on any atom is -0.495 e. The minimum absolute atomic E-state index is 0.214. The van der Waals surface area contributed by atoms with Crippen LogP contribution in [0.4, 0.5) is 10.5 Å². The molecule has 0 radical (unpaired) electrons. The number of para-hydroxylation sites is 2. The monoisotopic (exact) mass is 390 g/mol. The molecule has 1 N–H and O–H groups in total. The first-order valence-corrected chi connectivity index (χ1v) is 8.17.